The summed E-state index contributed by atoms with van der Waals surface area (Å²) < 4.78 is 0. The highest BCUT2D eigenvalue weighted by atomic mass is 16.2. The Kier molecular flexibility index (Phi) is 5.87. The molecule has 1 rings (SSSR count). The van der Waals surface area contributed by atoms with Crippen molar-refractivity contribution in [3.8, 4) is 0 Å². The van der Waals surface area contributed by atoms with E-state index in [0.29, 0.717) is 17.8 Å². The zero-order valence-corrected chi connectivity index (χ0v) is 10.7. The fraction of sp³-hybridized carbons (Fsp3) is 0.385. The smallest absolute Gasteiger partial charge is 0.251 e. The zero-order chi connectivity index (χ0) is 13.4. The molecular weight excluding hydrogens is 230 g/mol. The normalized spacial score (nSPS) is 9.89. The number of amides is 2. The van der Waals surface area contributed by atoms with E-state index in [9.17, 15) is 9.59 Å². The maximum absolute atomic E-state index is 11.5. The molecule has 0 radical (unpaired) electrons. The standard InChI is InChI=1S/C13H19N3O2/c1-3-8-15-9-12(17)16-11-6-4-10(5-7-11)13(18)14-2/h4-7,15H,3,8-9H2,1-2H3,(H,14,18)(H,16,17). The molecule has 0 spiro atoms. The predicted molar refractivity (Wildman–Crippen MR) is 71.6 cm³/mol. The number of anilines is 1. The Morgan fingerprint density at radius 3 is 2.39 bits per heavy atom. The second-order valence-electron chi connectivity index (χ2n) is 3.88. The van der Waals surface area contributed by atoms with Crippen molar-refractivity contribution in [3.63, 3.8) is 0 Å². The maximum Gasteiger partial charge on any atom is 0.251 e. The summed E-state index contributed by atoms with van der Waals surface area (Å²) in [5.74, 6) is -0.228. The molecule has 0 fully saturated rings. The number of nitrogens with one attached hydrogen (secondary N) is 3. The zero-order valence-electron chi connectivity index (χ0n) is 10.7. The van der Waals surface area contributed by atoms with Gasteiger partial charge < -0.3 is 16.0 Å². The Labute approximate surface area is 107 Å². The van der Waals surface area contributed by atoms with Crippen LogP contribution >= 0.6 is 0 Å². The lowest BCUT2D eigenvalue weighted by Crippen LogP contribution is -2.28. The van der Waals surface area contributed by atoms with Crippen LogP contribution in [0.15, 0.2) is 24.3 Å². The van der Waals surface area contributed by atoms with E-state index < -0.39 is 0 Å². The fourth-order valence-corrected chi connectivity index (χ4v) is 1.43. The summed E-state index contributed by atoms with van der Waals surface area (Å²) in [5, 5.41) is 8.31. The summed E-state index contributed by atoms with van der Waals surface area (Å²) in [5.41, 5.74) is 1.26. The van der Waals surface area contributed by atoms with E-state index >= 15 is 0 Å². The fourth-order valence-electron chi connectivity index (χ4n) is 1.43. The first-order chi connectivity index (χ1) is 8.67. The molecule has 0 saturated carbocycles. The minimum Gasteiger partial charge on any atom is -0.355 e. The Balaban J connectivity index is 2.48. The van der Waals surface area contributed by atoms with E-state index in [-0.39, 0.29) is 11.8 Å². The number of benzene rings is 1. The monoisotopic (exact) mass is 249 g/mol. The van der Waals surface area contributed by atoms with Crippen molar-refractivity contribution in [1.82, 2.24) is 10.6 Å². The van der Waals surface area contributed by atoms with Gasteiger partial charge in [0, 0.05) is 18.3 Å². The van der Waals surface area contributed by atoms with Gasteiger partial charge in [0.15, 0.2) is 0 Å². The molecule has 2 amide bonds. The van der Waals surface area contributed by atoms with Crippen molar-refractivity contribution in [2.75, 3.05) is 25.5 Å². The third kappa shape index (κ3) is 4.55. The van der Waals surface area contributed by atoms with Gasteiger partial charge in [-0.1, -0.05) is 6.92 Å². The third-order valence-corrected chi connectivity index (χ3v) is 2.37. The highest BCUT2D eigenvalue weighted by Crippen LogP contribution is 2.09. The second-order valence-corrected chi connectivity index (χ2v) is 3.88. The van der Waals surface area contributed by atoms with Gasteiger partial charge in [0.25, 0.3) is 5.91 Å². The number of carbonyl (C=O) groups excluding carboxylic acids is 2. The topological polar surface area (TPSA) is 70.2 Å². The van der Waals surface area contributed by atoms with Crippen LogP contribution in [0.3, 0.4) is 0 Å². The molecule has 0 aliphatic carbocycles. The first-order valence-corrected chi connectivity index (χ1v) is 6.00. The molecule has 5 heteroatoms. The van der Waals surface area contributed by atoms with Gasteiger partial charge in [-0.3, -0.25) is 9.59 Å². The summed E-state index contributed by atoms with van der Waals surface area (Å²) in [4.78, 5) is 22.8. The van der Waals surface area contributed by atoms with Crippen LogP contribution in [-0.4, -0.2) is 32.0 Å². The Bertz CT molecular complexity index is 401. The molecule has 0 aliphatic rings. The summed E-state index contributed by atoms with van der Waals surface area (Å²) in [7, 11) is 1.58. The molecule has 0 aromatic heterocycles. The van der Waals surface area contributed by atoms with Crippen molar-refractivity contribution in [2.45, 2.75) is 13.3 Å². The summed E-state index contributed by atoms with van der Waals surface area (Å²) in [6.45, 7) is 3.16. The molecule has 0 unspecified atom stereocenters. The molecule has 0 aliphatic heterocycles. The summed E-state index contributed by atoms with van der Waals surface area (Å²) in [6.07, 6.45) is 0.994. The molecule has 3 N–H and O–H groups in total. The van der Waals surface area contributed by atoms with Gasteiger partial charge in [0.1, 0.15) is 0 Å². The summed E-state index contributed by atoms with van der Waals surface area (Å²) in [6, 6.07) is 6.77. The molecule has 0 saturated heterocycles. The molecule has 0 bridgehead atoms. The summed E-state index contributed by atoms with van der Waals surface area (Å²) >= 11 is 0. The third-order valence-electron chi connectivity index (χ3n) is 2.37. The quantitative estimate of drug-likeness (QED) is 0.658. The van der Waals surface area contributed by atoms with Crippen molar-refractivity contribution < 1.29 is 9.59 Å². The van der Waals surface area contributed by atoms with Gasteiger partial charge in [-0.15, -0.1) is 0 Å². The number of hydrogen-bond donors (Lipinski definition) is 3. The lowest BCUT2D eigenvalue weighted by molar-refractivity contribution is -0.115. The van der Waals surface area contributed by atoms with Gasteiger partial charge >= 0.3 is 0 Å². The van der Waals surface area contributed by atoms with Crippen molar-refractivity contribution >= 4 is 17.5 Å². The van der Waals surface area contributed by atoms with Crippen LogP contribution in [0.4, 0.5) is 5.69 Å². The predicted octanol–water partition coefficient (Wildman–Crippen LogP) is 0.984. The van der Waals surface area contributed by atoms with Gasteiger partial charge in [0.05, 0.1) is 6.54 Å². The van der Waals surface area contributed by atoms with Gasteiger partial charge in [-0.25, -0.2) is 0 Å². The van der Waals surface area contributed by atoms with Crippen LogP contribution in [0.2, 0.25) is 0 Å². The average Bonchev–Trinajstić information content (AvgIpc) is 2.39. The maximum atomic E-state index is 11.5. The SMILES string of the molecule is CCCNCC(=O)Nc1ccc(C(=O)NC)cc1. The first-order valence-electron chi connectivity index (χ1n) is 6.00. The van der Waals surface area contributed by atoms with E-state index in [1.54, 1.807) is 31.3 Å². The average molecular weight is 249 g/mol. The van der Waals surface area contributed by atoms with E-state index in [1.165, 1.54) is 0 Å². The van der Waals surface area contributed by atoms with E-state index in [2.05, 4.69) is 16.0 Å². The van der Waals surface area contributed by atoms with Crippen LogP contribution in [-0.2, 0) is 4.79 Å². The molecular formula is C13H19N3O2. The van der Waals surface area contributed by atoms with Gasteiger partial charge in [0.2, 0.25) is 5.91 Å². The molecule has 0 atom stereocenters. The second kappa shape index (κ2) is 7.45. The lowest BCUT2D eigenvalue weighted by atomic mass is 10.2. The number of rotatable bonds is 6. The van der Waals surface area contributed by atoms with Crippen LogP contribution in [0.1, 0.15) is 23.7 Å². The van der Waals surface area contributed by atoms with Crippen molar-refractivity contribution in [3.05, 3.63) is 29.8 Å². The molecule has 0 heterocycles. The van der Waals surface area contributed by atoms with Gasteiger partial charge in [-0.2, -0.15) is 0 Å². The molecule has 98 valence electrons. The van der Waals surface area contributed by atoms with E-state index in [1.807, 2.05) is 6.92 Å². The number of hydrogen-bond acceptors (Lipinski definition) is 3. The van der Waals surface area contributed by atoms with E-state index in [4.69, 9.17) is 0 Å². The molecule has 18 heavy (non-hydrogen) atoms. The molecule has 1 aromatic carbocycles. The Hall–Kier alpha value is -1.88. The largest absolute Gasteiger partial charge is 0.355 e. The highest BCUT2D eigenvalue weighted by Gasteiger charge is 2.04. The van der Waals surface area contributed by atoms with E-state index in [0.717, 1.165) is 13.0 Å². The molecule has 1 aromatic rings. The van der Waals surface area contributed by atoms with Crippen molar-refractivity contribution in [2.24, 2.45) is 0 Å². The minimum atomic E-state index is -0.141. The Morgan fingerprint density at radius 2 is 1.83 bits per heavy atom. The number of carbonyl (C=O) groups is 2. The highest BCUT2D eigenvalue weighted by molar-refractivity contribution is 5.96. The first kappa shape index (κ1) is 14.2. The lowest BCUT2D eigenvalue weighted by Gasteiger charge is -2.06. The van der Waals surface area contributed by atoms with Crippen LogP contribution in [0, 0.1) is 0 Å². The Morgan fingerprint density at radius 1 is 1.17 bits per heavy atom. The van der Waals surface area contributed by atoms with Crippen LogP contribution in [0.5, 0.6) is 0 Å². The van der Waals surface area contributed by atoms with Gasteiger partial charge in [-0.05, 0) is 37.2 Å². The van der Waals surface area contributed by atoms with Crippen molar-refractivity contribution in [1.29, 1.82) is 0 Å². The van der Waals surface area contributed by atoms with Crippen LogP contribution in [0.25, 0.3) is 0 Å². The van der Waals surface area contributed by atoms with Crippen LogP contribution < -0.4 is 16.0 Å². The molecule has 5 nitrogen and oxygen atoms in total. The minimum absolute atomic E-state index is 0.0869.